The molecule has 114 valence electrons. The number of hydrazine groups is 2. The molecular formula is C12H21BN6O2. The molecule has 2 N–H and O–H groups in total. The molecular weight excluding hydrogens is 271 g/mol. The van der Waals surface area contributed by atoms with Crippen LogP contribution in [-0.4, -0.2) is 46.0 Å². The Balaban J connectivity index is 1.71. The van der Waals surface area contributed by atoms with Gasteiger partial charge in [-0.3, -0.25) is 9.69 Å². The van der Waals surface area contributed by atoms with Crippen LogP contribution < -0.4 is 16.5 Å². The second-order valence-electron chi connectivity index (χ2n) is 6.37. The molecule has 3 heterocycles. The Morgan fingerprint density at radius 1 is 1.24 bits per heavy atom. The van der Waals surface area contributed by atoms with Crippen LogP contribution in [0.4, 0.5) is 0 Å². The molecule has 0 radical (unpaired) electrons. The van der Waals surface area contributed by atoms with Crippen LogP contribution in [0.5, 0.6) is 0 Å². The molecule has 2 aliphatic rings. The number of nitrogens with one attached hydrogen (secondary N) is 2. The standard InChI is InChI=1S/C12H21BN6O2/c1-11(2)12(3,4)21-13(20-11)9-6-14-19(7-9)8-10-15-16-17-18(10)5/h6-7,16-17H,8H2,1-5H3. The average Bonchev–Trinajstić information content (AvgIpc) is 3.03. The number of likely N-dealkylation sites (N-methyl/N-ethyl adjacent to an activating group) is 1. The van der Waals surface area contributed by atoms with Gasteiger partial charge in [-0.15, -0.1) is 10.6 Å². The molecule has 0 amide bonds. The highest BCUT2D eigenvalue weighted by atomic mass is 16.7. The Hall–Kier alpha value is -1.58. The van der Waals surface area contributed by atoms with E-state index >= 15 is 0 Å². The zero-order chi connectivity index (χ0) is 15.3. The van der Waals surface area contributed by atoms with Gasteiger partial charge in [-0.2, -0.15) is 5.10 Å². The van der Waals surface area contributed by atoms with E-state index in [-0.39, 0.29) is 18.3 Å². The van der Waals surface area contributed by atoms with Gasteiger partial charge in [-0.1, -0.05) is 0 Å². The quantitative estimate of drug-likeness (QED) is 0.728. The SMILES string of the molecule is CN1NNN=C1Cn1cc(B2OC(C)(C)C(C)(C)O2)cn1. The summed E-state index contributed by atoms with van der Waals surface area (Å²) in [7, 11) is 1.50. The van der Waals surface area contributed by atoms with Crippen molar-refractivity contribution in [1.82, 2.24) is 25.9 Å². The topological polar surface area (TPSA) is 75.9 Å². The van der Waals surface area contributed by atoms with Crippen LogP contribution in [-0.2, 0) is 15.9 Å². The maximum atomic E-state index is 6.01. The van der Waals surface area contributed by atoms with Crippen LogP contribution in [0.3, 0.4) is 0 Å². The molecule has 1 fully saturated rings. The fourth-order valence-corrected chi connectivity index (χ4v) is 2.16. The Kier molecular flexibility index (Phi) is 3.23. The van der Waals surface area contributed by atoms with Crippen molar-refractivity contribution in [2.24, 2.45) is 5.10 Å². The maximum absolute atomic E-state index is 6.01. The van der Waals surface area contributed by atoms with Crippen LogP contribution in [0, 0.1) is 0 Å². The highest BCUT2D eigenvalue weighted by Crippen LogP contribution is 2.36. The molecule has 1 aromatic heterocycles. The Morgan fingerprint density at radius 2 is 1.90 bits per heavy atom. The zero-order valence-corrected chi connectivity index (χ0v) is 13.0. The number of hydrazone groups is 1. The average molecular weight is 292 g/mol. The van der Waals surface area contributed by atoms with E-state index in [1.54, 1.807) is 11.2 Å². The number of aromatic nitrogens is 2. The molecule has 2 aliphatic heterocycles. The minimum atomic E-state index is -0.386. The third kappa shape index (κ3) is 2.52. The number of hydrogen-bond donors (Lipinski definition) is 2. The predicted molar refractivity (Wildman–Crippen MR) is 79.4 cm³/mol. The molecule has 3 rings (SSSR count). The van der Waals surface area contributed by atoms with Crippen LogP contribution in [0.1, 0.15) is 27.7 Å². The zero-order valence-electron chi connectivity index (χ0n) is 13.0. The van der Waals surface area contributed by atoms with E-state index in [0.29, 0.717) is 6.54 Å². The maximum Gasteiger partial charge on any atom is 0.498 e. The van der Waals surface area contributed by atoms with Crippen LogP contribution in [0.2, 0.25) is 0 Å². The molecule has 0 unspecified atom stereocenters. The summed E-state index contributed by atoms with van der Waals surface area (Å²) in [5.41, 5.74) is 5.79. The molecule has 1 saturated heterocycles. The van der Waals surface area contributed by atoms with Crippen molar-refractivity contribution in [2.45, 2.75) is 45.4 Å². The van der Waals surface area contributed by atoms with Gasteiger partial charge in [0.25, 0.3) is 0 Å². The van der Waals surface area contributed by atoms with E-state index in [2.05, 4.69) is 21.3 Å². The summed E-state index contributed by atoms with van der Waals surface area (Å²) in [6.07, 6.45) is 3.70. The lowest BCUT2D eigenvalue weighted by molar-refractivity contribution is 0.00578. The first-order chi connectivity index (χ1) is 9.78. The lowest BCUT2D eigenvalue weighted by atomic mass is 9.82. The number of hydrogen-bond acceptors (Lipinski definition) is 7. The molecule has 21 heavy (non-hydrogen) atoms. The lowest BCUT2D eigenvalue weighted by Crippen LogP contribution is -2.41. The second-order valence-corrected chi connectivity index (χ2v) is 6.37. The summed E-state index contributed by atoms with van der Waals surface area (Å²) in [5.74, 6) is 0.846. The van der Waals surface area contributed by atoms with E-state index < -0.39 is 0 Å². The van der Waals surface area contributed by atoms with E-state index in [0.717, 1.165) is 11.3 Å². The van der Waals surface area contributed by atoms with Gasteiger partial charge in [0.05, 0.1) is 11.2 Å². The van der Waals surface area contributed by atoms with Crippen molar-refractivity contribution >= 4 is 18.4 Å². The first-order valence-corrected chi connectivity index (χ1v) is 6.97. The largest absolute Gasteiger partial charge is 0.498 e. The minimum absolute atomic E-state index is 0.344. The second kappa shape index (κ2) is 4.72. The molecule has 0 atom stereocenters. The van der Waals surface area contributed by atoms with Gasteiger partial charge in [-0.05, 0) is 27.7 Å². The van der Waals surface area contributed by atoms with Crippen molar-refractivity contribution in [3.05, 3.63) is 12.4 Å². The molecule has 0 aromatic carbocycles. The van der Waals surface area contributed by atoms with Gasteiger partial charge >= 0.3 is 7.12 Å². The van der Waals surface area contributed by atoms with Gasteiger partial charge in [0, 0.05) is 24.9 Å². The van der Waals surface area contributed by atoms with Gasteiger partial charge < -0.3 is 9.31 Å². The smallest absolute Gasteiger partial charge is 0.399 e. The highest BCUT2D eigenvalue weighted by Gasteiger charge is 2.52. The first-order valence-electron chi connectivity index (χ1n) is 6.97. The Labute approximate surface area is 124 Å². The van der Waals surface area contributed by atoms with E-state index in [4.69, 9.17) is 9.31 Å². The van der Waals surface area contributed by atoms with E-state index in [9.17, 15) is 0 Å². The fourth-order valence-electron chi connectivity index (χ4n) is 2.16. The fraction of sp³-hybridized carbons (Fsp3) is 0.667. The van der Waals surface area contributed by atoms with Gasteiger partial charge in [-0.25, -0.2) is 5.53 Å². The minimum Gasteiger partial charge on any atom is -0.399 e. The summed E-state index contributed by atoms with van der Waals surface area (Å²) >= 11 is 0. The number of nitrogens with zero attached hydrogens (tertiary/aromatic N) is 4. The molecule has 0 spiro atoms. The van der Waals surface area contributed by atoms with E-state index in [1.165, 1.54) is 0 Å². The van der Waals surface area contributed by atoms with Gasteiger partial charge in [0.15, 0.2) is 5.84 Å². The highest BCUT2D eigenvalue weighted by molar-refractivity contribution is 6.62. The summed E-state index contributed by atoms with van der Waals surface area (Å²) in [6, 6.07) is 0. The summed E-state index contributed by atoms with van der Waals surface area (Å²) in [4.78, 5) is 0. The van der Waals surface area contributed by atoms with Crippen molar-refractivity contribution in [3.8, 4) is 0 Å². The third-order valence-electron chi connectivity index (χ3n) is 4.27. The van der Waals surface area contributed by atoms with Gasteiger partial charge in [0.2, 0.25) is 0 Å². The molecule has 9 heteroatoms. The van der Waals surface area contributed by atoms with Crippen molar-refractivity contribution in [1.29, 1.82) is 0 Å². The summed E-state index contributed by atoms with van der Waals surface area (Å²) < 4.78 is 13.8. The number of rotatable bonds is 3. The Morgan fingerprint density at radius 3 is 2.48 bits per heavy atom. The molecule has 0 aliphatic carbocycles. The van der Waals surface area contributed by atoms with Crippen LogP contribution in [0.25, 0.3) is 0 Å². The van der Waals surface area contributed by atoms with Crippen LogP contribution in [0.15, 0.2) is 17.5 Å². The number of amidine groups is 1. The first kappa shape index (κ1) is 14.4. The van der Waals surface area contributed by atoms with E-state index in [1.807, 2.05) is 45.6 Å². The summed E-state index contributed by atoms with van der Waals surface area (Å²) in [5, 5.41) is 10.3. The summed E-state index contributed by atoms with van der Waals surface area (Å²) in [6.45, 7) is 8.72. The van der Waals surface area contributed by atoms with Crippen LogP contribution >= 0.6 is 0 Å². The van der Waals surface area contributed by atoms with Crippen molar-refractivity contribution < 1.29 is 9.31 Å². The molecule has 0 saturated carbocycles. The lowest BCUT2D eigenvalue weighted by Gasteiger charge is -2.32. The van der Waals surface area contributed by atoms with Crippen molar-refractivity contribution in [3.63, 3.8) is 0 Å². The third-order valence-corrected chi connectivity index (χ3v) is 4.27. The Bertz CT molecular complexity index is 554. The normalized spacial score (nSPS) is 23.4. The molecule has 1 aromatic rings. The molecule has 0 bridgehead atoms. The molecule has 8 nitrogen and oxygen atoms in total. The van der Waals surface area contributed by atoms with Crippen molar-refractivity contribution in [2.75, 3.05) is 7.05 Å². The predicted octanol–water partition coefficient (Wildman–Crippen LogP) is -0.550. The van der Waals surface area contributed by atoms with Gasteiger partial charge in [0.1, 0.15) is 6.54 Å². The monoisotopic (exact) mass is 292 g/mol.